The van der Waals surface area contributed by atoms with E-state index in [1.54, 1.807) is 13.2 Å². The highest BCUT2D eigenvalue weighted by Gasteiger charge is 2.14. The molecule has 0 atom stereocenters. The molecule has 0 spiro atoms. The Morgan fingerprint density at radius 2 is 2.00 bits per heavy atom. The molecule has 6 nitrogen and oxygen atoms in total. The summed E-state index contributed by atoms with van der Waals surface area (Å²) < 4.78 is 26.0. The van der Waals surface area contributed by atoms with E-state index in [1.807, 2.05) is 26.0 Å². The molecule has 1 aliphatic rings. The van der Waals surface area contributed by atoms with Crippen LogP contribution in [0.3, 0.4) is 0 Å². The number of hydrogen-bond acceptors (Lipinski definition) is 6. The zero-order valence-corrected chi connectivity index (χ0v) is 17.9. The van der Waals surface area contributed by atoms with Crippen molar-refractivity contribution in [3.8, 4) is 11.5 Å². The predicted octanol–water partition coefficient (Wildman–Crippen LogP) is 3.33. The molecule has 5 rings (SSSR count). The van der Waals surface area contributed by atoms with Crippen molar-refractivity contribution < 1.29 is 13.9 Å². The van der Waals surface area contributed by atoms with E-state index in [0.717, 1.165) is 24.0 Å². The van der Waals surface area contributed by atoms with Crippen LogP contribution in [0.2, 0.25) is 0 Å². The SMILES string of the molecule is Bc1ccc(Nc2ncnc3cc(OCc4ccc5c(c4)CCN5)c(OC)cc23)c(F)c1. The smallest absolute Gasteiger partial charge is 0.163 e. The van der Waals surface area contributed by atoms with Crippen molar-refractivity contribution in [2.24, 2.45) is 0 Å². The minimum Gasteiger partial charge on any atom is -0.493 e. The number of nitrogens with one attached hydrogen (secondary N) is 2. The summed E-state index contributed by atoms with van der Waals surface area (Å²) in [5.74, 6) is 1.30. The molecule has 0 saturated carbocycles. The molecule has 0 saturated heterocycles. The van der Waals surface area contributed by atoms with Gasteiger partial charge in [-0.05, 0) is 41.8 Å². The van der Waals surface area contributed by atoms with Gasteiger partial charge in [-0.25, -0.2) is 14.4 Å². The van der Waals surface area contributed by atoms with Crippen molar-refractivity contribution in [1.82, 2.24) is 9.97 Å². The molecule has 0 amide bonds. The number of methoxy groups -OCH3 is 1. The molecule has 0 radical (unpaired) electrons. The summed E-state index contributed by atoms with van der Waals surface area (Å²) in [7, 11) is 3.44. The third-order valence-electron chi connectivity index (χ3n) is 5.57. The minimum atomic E-state index is -0.340. The lowest BCUT2D eigenvalue weighted by Crippen LogP contribution is -2.05. The maximum Gasteiger partial charge on any atom is 0.163 e. The molecule has 0 unspecified atom stereocenters. The van der Waals surface area contributed by atoms with E-state index < -0.39 is 0 Å². The molecule has 0 fully saturated rings. The first-order valence-electron chi connectivity index (χ1n) is 10.4. The summed E-state index contributed by atoms with van der Waals surface area (Å²) in [5.41, 5.74) is 5.46. The normalized spacial score (nSPS) is 12.3. The fraction of sp³-hybridized carbons (Fsp3) is 0.167. The molecule has 0 bridgehead atoms. The van der Waals surface area contributed by atoms with Crippen LogP contribution in [0.5, 0.6) is 11.5 Å². The summed E-state index contributed by atoms with van der Waals surface area (Å²) in [4.78, 5) is 8.68. The van der Waals surface area contributed by atoms with Crippen molar-refractivity contribution in [1.29, 1.82) is 0 Å². The standard InChI is InChI=1S/C24H22BFN4O2/c1-31-22-10-17-21(28-13-29-24(17)30-20-5-3-16(25)9-18(20)26)11-23(22)32-12-14-2-4-19-15(8-14)6-7-27-19/h2-5,8-11,13,27H,6-7,12,25H2,1H3,(H,28,29,30). The van der Waals surface area contributed by atoms with Crippen LogP contribution < -0.4 is 25.6 Å². The van der Waals surface area contributed by atoms with E-state index in [0.29, 0.717) is 40.5 Å². The zero-order valence-electron chi connectivity index (χ0n) is 17.9. The van der Waals surface area contributed by atoms with Crippen LogP contribution in [0.1, 0.15) is 11.1 Å². The van der Waals surface area contributed by atoms with Gasteiger partial charge in [-0.3, -0.25) is 0 Å². The topological polar surface area (TPSA) is 68.3 Å². The monoisotopic (exact) mass is 428 g/mol. The number of ether oxygens (including phenoxy) is 2. The Hall–Kier alpha value is -3.81. The Bertz CT molecular complexity index is 1310. The highest BCUT2D eigenvalue weighted by molar-refractivity contribution is 6.32. The van der Waals surface area contributed by atoms with Gasteiger partial charge >= 0.3 is 0 Å². The van der Waals surface area contributed by atoms with E-state index in [9.17, 15) is 4.39 Å². The van der Waals surface area contributed by atoms with Crippen LogP contribution in [0.25, 0.3) is 10.9 Å². The van der Waals surface area contributed by atoms with Gasteiger partial charge in [0.2, 0.25) is 0 Å². The zero-order chi connectivity index (χ0) is 22.1. The average molecular weight is 428 g/mol. The number of halogens is 1. The molecular weight excluding hydrogens is 406 g/mol. The molecule has 2 heterocycles. The van der Waals surface area contributed by atoms with E-state index >= 15 is 0 Å². The second-order valence-corrected chi connectivity index (χ2v) is 7.81. The number of aromatic nitrogens is 2. The van der Waals surface area contributed by atoms with Crippen LogP contribution >= 0.6 is 0 Å². The molecular formula is C24H22BFN4O2. The minimum absolute atomic E-state index is 0.340. The molecule has 160 valence electrons. The van der Waals surface area contributed by atoms with Gasteiger partial charge in [0.1, 0.15) is 32.4 Å². The molecule has 0 aliphatic carbocycles. The molecule has 4 aromatic rings. The largest absolute Gasteiger partial charge is 0.493 e. The maximum absolute atomic E-state index is 14.3. The van der Waals surface area contributed by atoms with Gasteiger partial charge in [0.15, 0.2) is 11.5 Å². The Morgan fingerprint density at radius 3 is 2.84 bits per heavy atom. The summed E-state index contributed by atoms with van der Waals surface area (Å²) in [6.45, 7) is 1.39. The number of rotatable bonds is 6. The summed E-state index contributed by atoms with van der Waals surface area (Å²) >= 11 is 0. The lowest BCUT2D eigenvalue weighted by Gasteiger charge is -2.14. The van der Waals surface area contributed by atoms with Gasteiger partial charge in [-0.15, -0.1) is 0 Å². The van der Waals surface area contributed by atoms with Crippen molar-refractivity contribution in [3.05, 3.63) is 71.8 Å². The van der Waals surface area contributed by atoms with Crippen LogP contribution in [0, 0.1) is 5.82 Å². The van der Waals surface area contributed by atoms with Crippen molar-refractivity contribution in [2.75, 3.05) is 24.3 Å². The number of anilines is 3. The first-order valence-corrected chi connectivity index (χ1v) is 10.4. The van der Waals surface area contributed by atoms with Crippen molar-refractivity contribution >= 4 is 41.4 Å². The van der Waals surface area contributed by atoms with Gasteiger partial charge in [-0.1, -0.05) is 23.7 Å². The van der Waals surface area contributed by atoms with E-state index in [4.69, 9.17) is 9.47 Å². The first kappa shape index (κ1) is 20.1. The van der Waals surface area contributed by atoms with E-state index in [1.165, 1.54) is 23.6 Å². The lowest BCUT2D eigenvalue weighted by molar-refractivity contribution is 0.285. The van der Waals surface area contributed by atoms with Crippen molar-refractivity contribution in [2.45, 2.75) is 13.0 Å². The quantitative estimate of drug-likeness (QED) is 0.460. The average Bonchev–Trinajstić information content (AvgIpc) is 3.27. The third kappa shape index (κ3) is 3.91. The highest BCUT2D eigenvalue weighted by Crippen LogP contribution is 2.35. The van der Waals surface area contributed by atoms with Crippen LogP contribution in [-0.4, -0.2) is 31.5 Å². The Morgan fingerprint density at radius 1 is 1.09 bits per heavy atom. The summed E-state index contributed by atoms with van der Waals surface area (Å²) in [5, 5.41) is 7.14. The fourth-order valence-corrected chi connectivity index (χ4v) is 3.89. The Balaban J connectivity index is 1.43. The van der Waals surface area contributed by atoms with Crippen LogP contribution in [0.15, 0.2) is 54.9 Å². The number of fused-ring (bicyclic) bond motifs is 2. The fourth-order valence-electron chi connectivity index (χ4n) is 3.89. The van der Waals surface area contributed by atoms with E-state index in [-0.39, 0.29) is 5.82 Å². The maximum atomic E-state index is 14.3. The van der Waals surface area contributed by atoms with Crippen LogP contribution in [0.4, 0.5) is 21.6 Å². The van der Waals surface area contributed by atoms with E-state index in [2.05, 4.69) is 38.8 Å². The number of hydrogen-bond donors (Lipinski definition) is 2. The molecule has 1 aromatic heterocycles. The predicted molar refractivity (Wildman–Crippen MR) is 127 cm³/mol. The van der Waals surface area contributed by atoms with Crippen molar-refractivity contribution in [3.63, 3.8) is 0 Å². The number of nitrogens with zero attached hydrogens (tertiary/aromatic N) is 2. The summed E-state index contributed by atoms with van der Waals surface area (Å²) in [6.07, 6.45) is 2.47. The Kier molecular flexibility index (Phi) is 5.27. The van der Waals surface area contributed by atoms with Gasteiger partial charge in [-0.2, -0.15) is 0 Å². The molecule has 32 heavy (non-hydrogen) atoms. The van der Waals surface area contributed by atoms with Gasteiger partial charge in [0.05, 0.1) is 18.3 Å². The summed E-state index contributed by atoms with van der Waals surface area (Å²) in [6, 6.07) is 15.0. The lowest BCUT2D eigenvalue weighted by atomic mass is 9.96. The first-order chi connectivity index (χ1) is 15.6. The third-order valence-corrected chi connectivity index (χ3v) is 5.57. The van der Waals surface area contributed by atoms with Gasteiger partial charge in [0.25, 0.3) is 0 Å². The second kappa shape index (κ2) is 8.38. The molecule has 2 N–H and O–H groups in total. The molecule has 1 aliphatic heterocycles. The number of benzene rings is 3. The highest BCUT2D eigenvalue weighted by atomic mass is 19.1. The van der Waals surface area contributed by atoms with Gasteiger partial charge < -0.3 is 20.1 Å². The molecule has 3 aromatic carbocycles. The second-order valence-electron chi connectivity index (χ2n) is 7.81. The van der Waals surface area contributed by atoms with Crippen LogP contribution in [-0.2, 0) is 13.0 Å². The Labute approximate surface area is 186 Å². The van der Waals surface area contributed by atoms with Gasteiger partial charge in [0, 0.05) is 23.7 Å². The molecule has 8 heteroatoms.